The molecule has 0 aromatic rings. The largest absolute Gasteiger partial charge is 0.481 e. The minimum absolute atomic E-state index is 0.0498. The molecule has 5 nitrogen and oxygen atoms in total. The average molecular weight is 300 g/mol. The van der Waals surface area contributed by atoms with Crippen LogP contribution in [0, 0.1) is 5.41 Å². The van der Waals surface area contributed by atoms with E-state index in [0.717, 1.165) is 6.42 Å². The first-order valence-electron chi connectivity index (χ1n) is 7.25. The lowest BCUT2D eigenvalue weighted by molar-refractivity contribution is -0.150. The first-order chi connectivity index (χ1) is 9.35. The molecule has 0 radical (unpaired) electrons. The lowest BCUT2D eigenvalue weighted by Crippen LogP contribution is -2.50. The van der Waals surface area contributed by atoms with Crippen LogP contribution in [0.3, 0.4) is 0 Å². The van der Waals surface area contributed by atoms with Gasteiger partial charge in [0.25, 0.3) is 0 Å². The predicted octanol–water partition coefficient (Wildman–Crippen LogP) is 2.17. The van der Waals surface area contributed by atoms with E-state index in [2.05, 4.69) is 12.2 Å². The molecule has 2 rings (SSSR count). The number of urea groups is 1. The summed E-state index contributed by atoms with van der Waals surface area (Å²) in [5, 5.41) is 12.2. The smallest absolute Gasteiger partial charge is 0.317 e. The van der Waals surface area contributed by atoms with Gasteiger partial charge < -0.3 is 15.3 Å². The summed E-state index contributed by atoms with van der Waals surface area (Å²) < 4.78 is 0.168. The van der Waals surface area contributed by atoms with E-state index in [1.54, 1.807) is 11.8 Å². The maximum absolute atomic E-state index is 12.1. The van der Waals surface area contributed by atoms with Crippen LogP contribution in [-0.2, 0) is 4.79 Å². The number of likely N-dealkylation sites (tertiary alicyclic amines) is 1. The number of nitrogens with one attached hydrogen (secondary N) is 1. The highest BCUT2D eigenvalue weighted by Crippen LogP contribution is 2.37. The summed E-state index contributed by atoms with van der Waals surface area (Å²) in [4.78, 5) is 25.1. The summed E-state index contributed by atoms with van der Waals surface area (Å²) in [6.07, 6.45) is 3.43. The van der Waals surface area contributed by atoms with Crippen molar-refractivity contribution < 1.29 is 14.7 Å². The number of carbonyl (C=O) groups is 2. The van der Waals surface area contributed by atoms with Gasteiger partial charge in [0.15, 0.2) is 0 Å². The molecular formula is C14H24N2O3S. The molecule has 0 aromatic carbocycles. The van der Waals surface area contributed by atoms with Crippen LogP contribution < -0.4 is 5.32 Å². The summed E-state index contributed by atoms with van der Waals surface area (Å²) in [5.41, 5.74) is -0.677. The van der Waals surface area contributed by atoms with Crippen LogP contribution in [0.25, 0.3) is 0 Å². The van der Waals surface area contributed by atoms with Crippen LogP contribution in [0.5, 0.6) is 0 Å². The molecule has 20 heavy (non-hydrogen) atoms. The number of nitrogens with zero attached hydrogens (tertiary/aromatic N) is 1. The zero-order valence-electron chi connectivity index (χ0n) is 12.3. The fourth-order valence-corrected chi connectivity index (χ4v) is 4.01. The third kappa shape index (κ3) is 3.40. The lowest BCUT2D eigenvalue weighted by Gasteiger charge is -2.37. The summed E-state index contributed by atoms with van der Waals surface area (Å²) in [6.45, 7) is 5.71. The Morgan fingerprint density at radius 1 is 1.25 bits per heavy atom. The average Bonchev–Trinajstić information content (AvgIpc) is 2.84. The fourth-order valence-electron chi connectivity index (χ4n) is 2.77. The number of piperidine rings is 1. The van der Waals surface area contributed by atoms with Crippen LogP contribution in [0.1, 0.15) is 39.5 Å². The Labute approximate surface area is 124 Å². The molecule has 2 fully saturated rings. The van der Waals surface area contributed by atoms with Crippen molar-refractivity contribution in [1.82, 2.24) is 10.2 Å². The Morgan fingerprint density at radius 2 is 1.90 bits per heavy atom. The Hall–Kier alpha value is -0.910. The predicted molar refractivity (Wildman–Crippen MR) is 80.0 cm³/mol. The summed E-state index contributed by atoms with van der Waals surface area (Å²) in [6, 6.07) is -0.0498. The van der Waals surface area contributed by atoms with Crippen LogP contribution in [0.15, 0.2) is 0 Å². The van der Waals surface area contributed by atoms with Gasteiger partial charge in [-0.2, -0.15) is 11.8 Å². The molecular weight excluding hydrogens is 276 g/mol. The second-order valence-electron chi connectivity index (χ2n) is 6.41. The van der Waals surface area contributed by atoms with Crippen LogP contribution in [0.4, 0.5) is 4.79 Å². The van der Waals surface area contributed by atoms with Gasteiger partial charge in [0.05, 0.1) is 5.41 Å². The van der Waals surface area contributed by atoms with Gasteiger partial charge in [-0.05, 0) is 45.3 Å². The lowest BCUT2D eigenvalue weighted by atomic mass is 9.80. The molecule has 0 aromatic heterocycles. The van der Waals surface area contributed by atoms with E-state index in [-0.39, 0.29) is 10.8 Å². The molecule has 6 heteroatoms. The quantitative estimate of drug-likeness (QED) is 0.838. The molecule has 2 amide bonds. The van der Waals surface area contributed by atoms with Crippen molar-refractivity contribution in [3.8, 4) is 0 Å². The van der Waals surface area contributed by atoms with Gasteiger partial charge >= 0.3 is 12.0 Å². The van der Waals surface area contributed by atoms with Crippen molar-refractivity contribution >= 4 is 23.8 Å². The van der Waals surface area contributed by atoms with Crippen molar-refractivity contribution in [1.29, 1.82) is 0 Å². The minimum Gasteiger partial charge on any atom is -0.481 e. The number of aliphatic carboxylic acids is 1. The van der Waals surface area contributed by atoms with E-state index in [1.165, 1.54) is 12.2 Å². The zero-order chi connectivity index (χ0) is 14.8. The molecule has 2 heterocycles. The number of carboxylic acids is 1. The number of carboxylic acid groups (broad SMARTS) is 1. The van der Waals surface area contributed by atoms with Gasteiger partial charge in [-0.25, -0.2) is 4.79 Å². The molecule has 2 aliphatic rings. The van der Waals surface area contributed by atoms with E-state index in [0.29, 0.717) is 32.5 Å². The van der Waals surface area contributed by atoms with Gasteiger partial charge in [0.1, 0.15) is 0 Å². The Kier molecular flexibility index (Phi) is 4.52. The maximum Gasteiger partial charge on any atom is 0.317 e. The summed E-state index contributed by atoms with van der Waals surface area (Å²) >= 11 is 1.93. The number of hydrogen-bond donors (Lipinski definition) is 2. The van der Waals surface area contributed by atoms with Gasteiger partial charge in [-0.1, -0.05) is 0 Å². The van der Waals surface area contributed by atoms with E-state index in [1.807, 2.05) is 11.8 Å². The van der Waals surface area contributed by atoms with Crippen molar-refractivity contribution in [3.63, 3.8) is 0 Å². The Balaban J connectivity index is 1.79. The van der Waals surface area contributed by atoms with Crippen molar-refractivity contribution in [2.75, 3.05) is 25.4 Å². The molecule has 0 saturated carbocycles. The third-order valence-electron chi connectivity index (χ3n) is 4.58. The number of amides is 2. The standard InChI is InChI=1S/C14H24N2O3S/c1-13(11(17)18)5-7-16(8-6-13)12(19)15-10-14(2)4-3-9-20-14/h3-10H2,1-2H3,(H,15,19)(H,17,18). The summed E-state index contributed by atoms with van der Waals surface area (Å²) in [5.74, 6) is 0.417. The molecule has 1 unspecified atom stereocenters. The monoisotopic (exact) mass is 300 g/mol. The molecule has 2 N–H and O–H groups in total. The molecule has 114 valence electrons. The molecule has 0 spiro atoms. The van der Waals surface area contributed by atoms with Gasteiger partial charge in [-0.3, -0.25) is 4.79 Å². The highest BCUT2D eigenvalue weighted by molar-refractivity contribution is 8.00. The van der Waals surface area contributed by atoms with Crippen molar-refractivity contribution in [3.05, 3.63) is 0 Å². The maximum atomic E-state index is 12.1. The molecule has 0 bridgehead atoms. The molecule has 2 aliphatic heterocycles. The van der Waals surface area contributed by atoms with E-state index < -0.39 is 11.4 Å². The van der Waals surface area contributed by atoms with E-state index in [4.69, 9.17) is 0 Å². The third-order valence-corrected chi connectivity index (χ3v) is 6.12. The van der Waals surface area contributed by atoms with Gasteiger partial charge in [-0.15, -0.1) is 0 Å². The fraction of sp³-hybridized carbons (Fsp3) is 0.857. The van der Waals surface area contributed by atoms with Crippen LogP contribution >= 0.6 is 11.8 Å². The first-order valence-corrected chi connectivity index (χ1v) is 8.23. The topological polar surface area (TPSA) is 69.6 Å². The van der Waals surface area contributed by atoms with Crippen LogP contribution in [-0.4, -0.2) is 52.1 Å². The number of thioether (sulfide) groups is 1. The minimum atomic E-state index is -0.757. The van der Waals surface area contributed by atoms with Crippen molar-refractivity contribution in [2.24, 2.45) is 5.41 Å². The van der Waals surface area contributed by atoms with Crippen molar-refractivity contribution in [2.45, 2.75) is 44.3 Å². The molecule has 0 aliphatic carbocycles. The van der Waals surface area contributed by atoms with Gasteiger partial charge in [0, 0.05) is 24.4 Å². The van der Waals surface area contributed by atoms with Gasteiger partial charge in [0.2, 0.25) is 0 Å². The highest BCUT2D eigenvalue weighted by Gasteiger charge is 2.38. The van der Waals surface area contributed by atoms with Crippen LogP contribution in [0.2, 0.25) is 0 Å². The molecule has 1 atom stereocenters. The Bertz CT molecular complexity index is 386. The first kappa shape index (κ1) is 15.5. The number of carbonyl (C=O) groups excluding carboxylic acids is 1. The van der Waals surface area contributed by atoms with E-state index >= 15 is 0 Å². The summed E-state index contributed by atoms with van der Waals surface area (Å²) in [7, 11) is 0. The molecule has 2 saturated heterocycles. The second kappa shape index (κ2) is 5.84. The second-order valence-corrected chi connectivity index (χ2v) is 8.10. The normalized spacial score (nSPS) is 29.2. The number of rotatable bonds is 3. The highest BCUT2D eigenvalue weighted by atomic mass is 32.2. The SMILES string of the molecule is CC1(CNC(=O)N2CCC(C)(C(=O)O)CC2)CCCS1. The number of hydrogen-bond acceptors (Lipinski definition) is 3. The van der Waals surface area contributed by atoms with E-state index in [9.17, 15) is 14.7 Å². The Morgan fingerprint density at radius 3 is 2.40 bits per heavy atom. The zero-order valence-corrected chi connectivity index (χ0v) is 13.1.